The molecule has 0 aliphatic rings. The van der Waals surface area contributed by atoms with Crippen LogP contribution in [0.4, 0.5) is 10.1 Å². The van der Waals surface area contributed by atoms with Crippen molar-refractivity contribution in [2.45, 2.75) is 0 Å². The lowest BCUT2D eigenvalue weighted by Gasteiger charge is -2.06. The number of aromatic nitrogens is 3. The van der Waals surface area contributed by atoms with E-state index in [9.17, 15) is 4.39 Å². The molecule has 1 aromatic carbocycles. The number of halogens is 1. The van der Waals surface area contributed by atoms with Crippen molar-refractivity contribution in [3.8, 4) is 11.6 Å². The summed E-state index contributed by atoms with van der Waals surface area (Å²) in [5, 5.41) is 0. The number of nitrogen functional groups attached to an aromatic ring is 1. The Kier molecular flexibility index (Phi) is 2.56. The summed E-state index contributed by atoms with van der Waals surface area (Å²) in [6.45, 7) is 0. The third-order valence-corrected chi connectivity index (χ3v) is 2.77. The van der Waals surface area contributed by atoms with E-state index in [1.54, 1.807) is 18.6 Å². The van der Waals surface area contributed by atoms with E-state index in [2.05, 4.69) is 9.97 Å². The first kappa shape index (κ1) is 11.5. The lowest BCUT2D eigenvalue weighted by atomic mass is 10.3. The molecule has 0 unspecified atom stereocenters. The van der Waals surface area contributed by atoms with Gasteiger partial charge in [-0.1, -0.05) is 0 Å². The van der Waals surface area contributed by atoms with Gasteiger partial charge in [-0.2, -0.15) is 0 Å². The molecule has 0 amide bonds. The van der Waals surface area contributed by atoms with Gasteiger partial charge in [0, 0.05) is 25.0 Å². The van der Waals surface area contributed by atoms with Crippen LogP contribution in [0.5, 0.6) is 11.6 Å². The molecule has 2 aromatic heterocycles. The molecule has 3 aromatic rings. The summed E-state index contributed by atoms with van der Waals surface area (Å²) in [4.78, 5) is 8.27. The Morgan fingerprint density at radius 1 is 1.26 bits per heavy atom. The van der Waals surface area contributed by atoms with Crippen LogP contribution in [0.1, 0.15) is 0 Å². The second-order valence-electron chi connectivity index (χ2n) is 4.13. The number of hydrogen-bond donors (Lipinski definition) is 1. The fourth-order valence-electron chi connectivity index (χ4n) is 1.82. The standard InChI is InChI=1S/C13H11FN4O/c1-18-7-17-12-10(18)4-5-16-13(12)19-11-3-2-8(15)6-9(11)14/h2-7H,15H2,1H3. The highest BCUT2D eigenvalue weighted by molar-refractivity contribution is 5.80. The summed E-state index contributed by atoms with van der Waals surface area (Å²) >= 11 is 0. The van der Waals surface area contributed by atoms with E-state index in [0.717, 1.165) is 5.52 Å². The minimum atomic E-state index is -0.533. The number of aryl methyl sites for hydroxylation is 1. The highest BCUT2D eigenvalue weighted by Crippen LogP contribution is 2.28. The van der Waals surface area contributed by atoms with E-state index < -0.39 is 5.82 Å². The first-order valence-electron chi connectivity index (χ1n) is 5.64. The van der Waals surface area contributed by atoms with Crippen molar-refractivity contribution in [3.63, 3.8) is 0 Å². The molecule has 2 heterocycles. The molecule has 0 saturated heterocycles. The van der Waals surface area contributed by atoms with Crippen LogP contribution in [0.25, 0.3) is 11.0 Å². The van der Waals surface area contributed by atoms with Crippen molar-refractivity contribution >= 4 is 16.7 Å². The zero-order valence-corrected chi connectivity index (χ0v) is 10.2. The number of fused-ring (bicyclic) bond motifs is 1. The van der Waals surface area contributed by atoms with Crippen LogP contribution in [0.15, 0.2) is 36.8 Å². The van der Waals surface area contributed by atoms with Crippen molar-refractivity contribution in [2.24, 2.45) is 7.05 Å². The number of benzene rings is 1. The number of hydrogen-bond acceptors (Lipinski definition) is 4. The second-order valence-corrected chi connectivity index (χ2v) is 4.13. The van der Waals surface area contributed by atoms with Gasteiger partial charge in [0.2, 0.25) is 5.88 Å². The van der Waals surface area contributed by atoms with E-state index in [0.29, 0.717) is 11.2 Å². The van der Waals surface area contributed by atoms with Crippen LogP contribution in [0.3, 0.4) is 0 Å². The molecule has 6 heteroatoms. The number of rotatable bonds is 2. The highest BCUT2D eigenvalue weighted by atomic mass is 19.1. The molecule has 96 valence electrons. The predicted octanol–water partition coefficient (Wildman–Crippen LogP) is 2.48. The molecular formula is C13H11FN4O. The Labute approximate surface area is 108 Å². The van der Waals surface area contributed by atoms with Gasteiger partial charge in [-0.15, -0.1) is 0 Å². The fraction of sp³-hybridized carbons (Fsp3) is 0.0769. The Morgan fingerprint density at radius 3 is 2.89 bits per heavy atom. The van der Waals surface area contributed by atoms with Gasteiger partial charge in [0.05, 0.1) is 11.8 Å². The van der Waals surface area contributed by atoms with Gasteiger partial charge in [-0.3, -0.25) is 0 Å². The third kappa shape index (κ3) is 1.97. The zero-order valence-electron chi connectivity index (χ0n) is 10.2. The van der Waals surface area contributed by atoms with Crippen LogP contribution in [0, 0.1) is 5.82 Å². The summed E-state index contributed by atoms with van der Waals surface area (Å²) < 4.78 is 21.0. The van der Waals surface area contributed by atoms with Crippen LogP contribution >= 0.6 is 0 Å². The molecule has 0 fully saturated rings. The molecule has 0 aliphatic heterocycles. The molecule has 0 radical (unpaired) electrons. The van der Waals surface area contributed by atoms with Gasteiger partial charge < -0.3 is 15.0 Å². The number of anilines is 1. The topological polar surface area (TPSA) is 66.0 Å². The quantitative estimate of drug-likeness (QED) is 0.717. The van der Waals surface area contributed by atoms with E-state index >= 15 is 0 Å². The van der Waals surface area contributed by atoms with Gasteiger partial charge in [0.25, 0.3) is 0 Å². The summed E-state index contributed by atoms with van der Waals surface area (Å²) in [6.07, 6.45) is 3.24. The molecule has 0 aliphatic carbocycles. The highest BCUT2D eigenvalue weighted by Gasteiger charge is 2.11. The van der Waals surface area contributed by atoms with Gasteiger partial charge in [0.1, 0.15) is 0 Å². The minimum absolute atomic E-state index is 0.0693. The first-order valence-corrected chi connectivity index (χ1v) is 5.64. The third-order valence-electron chi connectivity index (χ3n) is 2.77. The molecule has 0 saturated carbocycles. The Bertz CT molecular complexity index is 753. The average molecular weight is 258 g/mol. The maximum atomic E-state index is 13.7. The molecule has 5 nitrogen and oxygen atoms in total. The average Bonchev–Trinajstić information content (AvgIpc) is 2.76. The molecular weight excluding hydrogens is 247 g/mol. The zero-order chi connectivity index (χ0) is 13.4. The van der Waals surface area contributed by atoms with Gasteiger partial charge in [-0.05, 0) is 18.2 Å². The molecule has 0 bridgehead atoms. The Balaban J connectivity index is 2.06. The minimum Gasteiger partial charge on any atom is -0.434 e. The van der Waals surface area contributed by atoms with Gasteiger partial charge >= 0.3 is 0 Å². The maximum Gasteiger partial charge on any atom is 0.247 e. The molecule has 3 rings (SSSR count). The summed E-state index contributed by atoms with van der Waals surface area (Å²) in [5.41, 5.74) is 7.28. The van der Waals surface area contributed by atoms with Crippen molar-refractivity contribution in [2.75, 3.05) is 5.73 Å². The first-order chi connectivity index (χ1) is 9.15. The van der Waals surface area contributed by atoms with Crippen LogP contribution in [-0.2, 0) is 7.05 Å². The van der Waals surface area contributed by atoms with Crippen LogP contribution in [-0.4, -0.2) is 14.5 Å². The van der Waals surface area contributed by atoms with Crippen molar-refractivity contribution in [1.82, 2.24) is 14.5 Å². The second kappa shape index (κ2) is 4.24. The summed E-state index contributed by atoms with van der Waals surface area (Å²) in [7, 11) is 1.86. The van der Waals surface area contributed by atoms with E-state index in [-0.39, 0.29) is 11.6 Å². The molecule has 2 N–H and O–H groups in total. The van der Waals surface area contributed by atoms with E-state index in [1.807, 2.05) is 17.7 Å². The van der Waals surface area contributed by atoms with Crippen molar-refractivity contribution in [3.05, 3.63) is 42.6 Å². The lowest BCUT2D eigenvalue weighted by molar-refractivity contribution is 0.432. The molecule has 0 atom stereocenters. The Hall–Kier alpha value is -2.63. The number of imidazole rings is 1. The van der Waals surface area contributed by atoms with Gasteiger partial charge in [0.15, 0.2) is 17.1 Å². The van der Waals surface area contributed by atoms with Crippen molar-refractivity contribution in [1.29, 1.82) is 0 Å². The summed E-state index contributed by atoms with van der Waals surface area (Å²) in [6, 6.07) is 6.05. The van der Waals surface area contributed by atoms with E-state index in [1.165, 1.54) is 12.1 Å². The Morgan fingerprint density at radius 2 is 2.11 bits per heavy atom. The van der Waals surface area contributed by atoms with Crippen LogP contribution < -0.4 is 10.5 Å². The lowest BCUT2D eigenvalue weighted by Crippen LogP contribution is -1.94. The largest absolute Gasteiger partial charge is 0.434 e. The monoisotopic (exact) mass is 258 g/mol. The molecule has 19 heavy (non-hydrogen) atoms. The number of pyridine rings is 1. The smallest absolute Gasteiger partial charge is 0.247 e. The summed E-state index contributed by atoms with van der Waals surface area (Å²) in [5.74, 6) is -0.198. The number of ether oxygens (including phenoxy) is 1. The SMILES string of the molecule is Cn1cnc2c(Oc3ccc(N)cc3F)nccc21. The van der Waals surface area contributed by atoms with Gasteiger partial charge in [-0.25, -0.2) is 14.4 Å². The molecule has 0 spiro atoms. The maximum absolute atomic E-state index is 13.7. The van der Waals surface area contributed by atoms with Crippen LogP contribution in [0.2, 0.25) is 0 Å². The predicted molar refractivity (Wildman–Crippen MR) is 69.4 cm³/mol. The van der Waals surface area contributed by atoms with E-state index in [4.69, 9.17) is 10.5 Å². The van der Waals surface area contributed by atoms with Crippen molar-refractivity contribution < 1.29 is 9.13 Å². The number of nitrogens with two attached hydrogens (primary N) is 1. The fourth-order valence-corrected chi connectivity index (χ4v) is 1.82. The number of nitrogens with zero attached hydrogens (tertiary/aromatic N) is 3. The normalized spacial score (nSPS) is 10.8.